The van der Waals surface area contributed by atoms with Gasteiger partial charge in [0.05, 0.1) is 16.3 Å². The lowest BCUT2D eigenvalue weighted by molar-refractivity contribution is -0.137. The molecule has 0 atom stereocenters. The maximum absolute atomic E-state index is 12.9. The number of nitrogens with zero attached hydrogens (tertiary/aromatic N) is 2. The van der Waals surface area contributed by atoms with Crippen LogP contribution < -0.4 is 5.32 Å². The molecule has 1 saturated heterocycles. The fraction of sp³-hybridized carbons (Fsp3) is 0.333. The molecule has 3 rings (SSSR count). The van der Waals surface area contributed by atoms with Crippen LogP contribution in [-0.2, 0) is 6.18 Å². The fourth-order valence-corrected chi connectivity index (χ4v) is 3.00. The number of hydrogen-bond donors (Lipinski definition) is 1. The van der Waals surface area contributed by atoms with Gasteiger partial charge in [-0.05, 0) is 49.6 Å². The first-order chi connectivity index (χ1) is 12.3. The highest BCUT2D eigenvalue weighted by atomic mass is 35.5. The van der Waals surface area contributed by atoms with Gasteiger partial charge in [-0.15, -0.1) is 0 Å². The Bertz CT molecular complexity index is 805. The van der Waals surface area contributed by atoms with E-state index < -0.39 is 11.7 Å². The topological polar surface area (TPSA) is 45.2 Å². The SMILES string of the molecule is O=C(c1cc(Nc2cc(C(F)(F)F)ccc2Cl)ccn1)N1CCCCC1. The van der Waals surface area contributed by atoms with E-state index in [0.29, 0.717) is 18.8 Å². The van der Waals surface area contributed by atoms with Crippen LogP contribution in [0.3, 0.4) is 0 Å². The van der Waals surface area contributed by atoms with Gasteiger partial charge in [0.1, 0.15) is 5.69 Å². The molecule has 8 heteroatoms. The number of pyridine rings is 1. The third kappa shape index (κ3) is 4.27. The van der Waals surface area contributed by atoms with E-state index in [1.165, 1.54) is 18.3 Å². The first kappa shape index (κ1) is 18.5. The van der Waals surface area contributed by atoms with Crippen molar-refractivity contribution in [2.45, 2.75) is 25.4 Å². The third-order valence-corrected chi connectivity index (χ3v) is 4.52. The molecule has 1 aromatic heterocycles. The largest absolute Gasteiger partial charge is 0.416 e. The zero-order valence-corrected chi connectivity index (χ0v) is 14.6. The van der Waals surface area contributed by atoms with Crippen LogP contribution in [0.15, 0.2) is 36.5 Å². The Morgan fingerprint density at radius 2 is 1.85 bits per heavy atom. The van der Waals surface area contributed by atoms with Gasteiger partial charge in [0.2, 0.25) is 0 Å². The molecule has 0 bridgehead atoms. The molecule has 0 saturated carbocycles. The van der Waals surface area contributed by atoms with E-state index in [9.17, 15) is 18.0 Å². The van der Waals surface area contributed by atoms with Crippen LogP contribution in [0.5, 0.6) is 0 Å². The van der Waals surface area contributed by atoms with Gasteiger partial charge >= 0.3 is 6.18 Å². The number of carbonyl (C=O) groups is 1. The molecule has 0 aliphatic carbocycles. The number of likely N-dealkylation sites (tertiary alicyclic amines) is 1. The number of halogens is 4. The Hall–Kier alpha value is -2.28. The van der Waals surface area contributed by atoms with E-state index >= 15 is 0 Å². The van der Waals surface area contributed by atoms with E-state index in [4.69, 9.17) is 11.6 Å². The third-order valence-electron chi connectivity index (χ3n) is 4.20. The average Bonchev–Trinajstić information content (AvgIpc) is 2.63. The molecule has 1 fully saturated rings. The van der Waals surface area contributed by atoms with Gasteiger partial charge in [-0.2, -0.15) is 13.2 Å². The van der Waals surface area contributed by atoms with Crippen molar-refractivity contribution in [2.75, 3.05) is 18.4 Å². The molecule has 0 radical (unpaired) electrons. The van der Waals surface area contributed by atoms with Crippen LogP contribution in [-0.4, -0.2) is 28.9 Å². The highest BCUT2D eigenvalue weighted by Gasteiger charge is 2.31. The monoisotopic (exact) mass is 383 g/mol. The second-order valence-electron chi connectivity index (χ2n) is 6.10. The Morgan fingerprint density at radius 3 is 2.54 bits per heavy atom. The molecule has 1 aromatic carbocycles. The fourth-order valence-electron chi connectivity index (χ4n) is 2.84. The molecule has 1 aliphatic rings. The van der Waals surface area contributed by atoms with Crippen LogP contribution in [0, 0.1) is 0 Å². The molecule has 4 nitrogen and oxygen atoms in total. The number of aromatic nitrogens is 1. The van der Waals surface area contributed by atoms with Crippen LogP contribution in [0.1, 0.15) is 35.3 Å². The molecule has 0 spiro atoms. The number of rotatable bonds is 3. The zero-order valence-electron chi connectivity index (χ0n) is 13.8. The van der Waals surface area contributed by atoms with Crippen LogP contribution >= 0.6 is 11.6 Å². The summed E-state index contributed by atoms with van der Waals surface area (Å²) in [6.07, 6.45) is 0.00950. The van der Waals surface area contributed by atoms with Crippen LogP contribution in [0.2, 0.25) is 5.02 Å². The highest BCUT2D eigenvalue weighted by molar-refractivity contribution is 6.33. The van der Waals surface area contributed by atoms with Gasteiger partial charge in [0.15, 0.2) is 0 Å². The predicted molar refractivity (Wildman–Crippen MR) is 93.7 cm³/mol. The van der Waals surface area contributed by atoms with E-state index in [1.54, 1.807) is 11.0 Å². The van der Waals surface area contributed by atoms with Crippen molar-refractivity contribution in [2.24, 2.45) is 0 Å². The van der Waals surface area contributed by atoms with E-state index in [0.717, 1.165) is 31.4 Å². The minimum Gasteiger partial charge on any atom is -0.354 e. The predicted octanol–water partition coefficient (Wildman–Crippen LogP) is 5.12. The lowest BCUT2D eigenvalue weighted by Gasteiger charge is -2.26. The second-order valence-corrected chi connectivity index (χ2v) is 6.51. The van der Waals surface area contributed by atoms with E-state index in [1.807, 2.05) is 0 Å². The molecular formula is C18H17ClF3N3O. The summed E-state index contributed by atoms with van der Waals surface area (Å²) in [7, 11) is 0. The number of alkyl halides is 3. The Labute approximate surface area is 154 Å². The van der Waals surface area contributed by atoms with E-state index in [2.05, 4.69) is 10.3 Å². The second kappa shape index (κ2) is 7.53. The first-order valence-electron chi connectivity index (χ1n) is 8.24. The molecule has 1 N–H and O–H groups in total. The summed E-state index contributed by atoms with van der Waals surface area (Å²) in [4.78, 5) is 18.4. The summed E-state index contributed by atoms with van der Waals surface area (Å²) in [5.74, 6) is -0.177. The first-order valence-corrected chi connectivity index (χ1v) is 8.61. The molecule has 26 heavy (non-hydrogen) atoms. The van der Waals surface area contributed by atoms with Gasteiger partial charge < -0.3 is 10.2 Å². The van der Waals surface area contributed by atoms with Crippen molar-refractivity contribution in [1.82, 2.24) is 9.88 Å². The number of benzene rings is 1. The van der Waals surface area contributed by atoms with Crippen molar-refractivity contribution in [3.8, 4) is 0 Å². The zero-order chi connectivity index (χ0) is 18.7. The Morgan fingerprint density at radius 1 is 1.12 bits per heavy atom. The molecule has 1 amide bonds. The maximum atomic E-state index is 12.9. The van der Waals surface area contributed by atoms with Crippen molar-refractivity contribution < 1.29 is 18.0 Å². The summed E-state index contributed by atoms with van der Waals surface area (Å²) in [6, 6.07) is 6.14. The van der Waals surface area contributed by atoms with Gasteiger partial charge in [0.25, 0.3) is 5.91 Å². The van der Waals surface area contributed by atoms with Gasteiger partial charge in [-0.3, -0.25) is 9.78 Å². The van der Waals surface area contributed by atoms with Gasteiger partial charge in [-0.1, -0.05) is 11.6 Å². The molecule has 138 valence electrons. The lowest BCUT2D eigenvalue weighted by atomic mass is 10.1. The molecular weight excluding hydrogens is 367 g/mol. The Kier molecular flexibility index (Phi) is 5.36. The van der Waals surface area contributed by atoms with Gasteiger partial charge in [-0.25, -0.2) is 0 Å². The number of carbonyl (C=O) groups excluding carboxylic acids is 1. The minimum absolute atomic E-state index is 0.115. The molecule has 2 heterocycles. The van der Waals surface area contributed by atoms with Gasteiger partial charge in [0, 0.05) is 25.0 Å². The standard InChI is InChI=1S/C18H17ClF3N3O/c19-14-5-4-12(18(20,21)22)10-15(14)24-13-6-7-23-16(11-13)17(26)25-8-2-1-3-9-25/h4-7,10-11H,1-3,8-9H2,(H,23,24). The summed E-state index contributed by atoms with van der Waals surface area (Å²) in [5, 5.41) is 2.99. The summed E-state index contributed by atoms with van der Waals surface area (Å²) in [6.45, 7) is 1.38. The number of anilines is 2. The quantitative estimate of drug-likeness (QED) is 0.799. The Balaban J connectivity index is 1.82. The smallest absolute Gasteiger partial charge is 0.354 e. The summed E-state index contributed by atoms with van der Waals surface area (Å²) < 4.78 is 38.6. The number of amides is 1. The van der Waals surface area contributed by atoms with Crippen molar-refractivity contribution in [3.63, 3.8) is 0 Å². The summed E-state index contributed by atoms with van der Waals surface area (Å²) in [5.41, 5.74) is 0.00807. The number of hydrogen-bond acceptors (Lipinski definition) is 3. The molecule has 1 aliphatic heterocycles. The van der Waals surface area contributed by atoms with Crippen LogP contribution in [0.25, 0.3) is 0 Å². The minimum atomic E-state index is -4.46. The molecule has 0 unspecified atom stereocenters. The maximum Gasteiger partial charge on any atom is 0.416 e. The average molecular weight is 384 g/mol. The van der Waals surface area contributed by atoms with Crippen molar-refractivity contribution in [1.29, 1.82) is 0 Å². The normalized spacial score (nSPS) is 15.0. The van der Waals surface area contributed by atoms with Crippen molar-refractivity contribution in [3.05, 3.63) is 52.8 Å². The molecule has 2 aromatic rings. The van der Waals surface area contributed by atoms with E-state index in [-0.39, 0.29) is 22.3 Å². The highest BCUT2D eigenvalue weighted by Crippen LogP contribution is 2.35. The summed E-state index contributed by atoms with van der Waals surface area (Å²) >= 11 is 6.00. The number of piperidine rings is 1. The van der Waals surface area contributed by atoms with Crippen LogP contribution in [0.4, 0.5) is 24.5 Å². The number of nitrogens with one attached hydrogen (secondary N) is 1. The van der Waals surface area contributed by atoms with Crippen molar-refractivity contribution >= 4 is 28.9 Å². The lowest BCUT2D eigenvalue weighted by Crippen LogP contribution is -2.36.